The minimum atomic E-state index is -0.156. The summed E-state index contributed by atoms with van der Waals surface area (Å²) in [7, 11) is 3.29. The molecule has 2 atom stereocenters. The molecule has 1 amide bonds. The molecule has 1 saturated heterocycles. The number of rotatable bonds is 5. The zero-order valence-corrected chi connectivity index (χ0v) is 21.2. The fourth-order valence-corrected chi connectivity index (χ4v) is 5.01. The molecule has 2 heterocycles. The van der Waals surface area contributed by atoms with E-state index in [1.165, 1.54) is 0 Å². The van der Waals surface area contributed by atoms with Crippen molar-refractivity contribution in [3.05, 3.63) is 77.4 Å². The Morgan fingerprint density at radius 1 is 0.917 bits per heavy atom. The zero-order chi connectivity index (χ0) is 25.2. The van der Waals surface area contributed by atoms with Gasteiger partial charge in [0.05, 0.1) is 20.8 Å². The smallest absolute Gasteiger partial charge is 0.256 e. The Bertz CT molecular complexity index is 1270. The third kappa shape index (κ3) is 4.93. The van der Waals surface area contributed by atoms with Crippen molar-refractivity contribution in [2.75, 3.05) is 32.2 Å². The Labute approximate surface area is 212 Å². The van der Waals surface area contributed by atoms with Gasteiger partial charge in [-0.05, 0) is 73.0 Å². The number of carbonyl (C=O) groups is 1. The highest BCUT2D eigenvalue weighted by Gasteiger charge is 2.22. The van der Waals surface area contributed by atoms with Gasteiger partial charge in [0.15, 0.2) is 0 Å². The average molecular weight is 485 g/mol. The van der Waals surface area contributed by atoms with Gasteiger partial charge in [0, 0.05) is 48.1 Å². The van der Waals surface area contributed by atoms with E-state index in [1.807, 2.05) is 54.6 Å². The van der Waals surface area contributed by atoms with Crippen LogP contribution in [-0.2, 0) is 6.54 Å². The summed E-state index contributed by atoms with van der Waals surface area (Å²) in [6.45, 7) is 6.82. The molecule has 0 aliphatic carbocycles. The summed E-state index contributed by atoms with van der Waals surface area (Å²) in [5.41, 5.74) is 5.81. The number of fused-ring (bicyclic) bond motifs is 1. The highest BCUT2D eigenvalue weighted by atomic mass is 16.5. The van der Waals surface area contributed by atoms with Crippen molar-refractivity contribution < 1.29 is 14.3 Å². The highest BCUT2D eigenvalue weighted by molar-refractivity contribution is 6.14. The maximum atomic E-state index is 13.0. The first-order valence-electron chi connectivity index (χ1n) is 12.3. The number of ether oxygens (including phenoxy) is 2. The van der Waals surface area contributed by atoms with Gasteiger partial charge in [-0.15, -0.1) is 0 Å². The molecule has 3 aromatic rings. The summed E-state index contributed by atoms with van der Waals surface area (Å²) >= 11 is 0. The van der Waals surface area contributed by atoms with Gasteiger partial charge in [-0.2, -0.15) is 0 Å². The van der Waals surface area contributed by atoms with Crippen molar-refractivity contribution in [1.82, 2.24) is 10.6 Å². The second-order valence-electron chi connectivity index (χ2n) is 9.51. The van der Waals surface area contributed by atoms with E-state index in [2.05, 4.69) is 40.4 Å². The molecule has 3 aromatic carbocycles. The summed E-state index contributed by atoms with van der Waals surface area (Å²) in [5, 5.41) is 6.56. The predicted octanol–water partition coefficient (Wildman–Crippen LogP) is 4.25. The van der Waals surface area contributed by atoms with E-state index in [9.17, 15) is 4.79 Å². The van der Waals surface area contributed by atoms with Crippen LogP contribution in [0.2, 0.25) is 0 Å². The molecule has 5 rings (SSSR count). The monoisotopic (exact) mass is 484 g/mol. The van der Waals surface area contributed by atoms with Crippen LogP contribution in [0.5, 0.6) is 11.5 Å². The Balaban J connectivity index is 1.29. The molecule has 2 N–H and O–H groups in total. The Hall–Kier alpha value is -3.84. The van der Waals surface area contributed by atoms with Gasteiger partial charge in [0.2, 0.25) is 0 Å². The molecule has 2 aliphatic heterocycles. The van der Waals surface area contributed by atoms with Crippen molar-refractivity contribution >= 4 is 17.4 Å². The maximum absolute atomic E-state index is 13.0. The topological polar surface area (TPSA) is 75.2 Å². The van der Waals surface area contributed by atoms with Crippen molar-refractivity contribution in [2.45, 2.75) is 32.5 Å². The lowest BCUT2D eigenvalue weighted by molar-refractivity contribution is 0.0977. The SMILES string of the molecule is COc1cc(OC)cc(-c2ccc3c(c2)CN=C3NC(=O)c2ccc(N3C[C@@H](C)N[C@@H](C)C3)cc2)c1. The molecule has 1 fully saturated rings. The van der Waals surface area contributed by atoms with E-state index in [-0.39, 0.29) is 5.91 Å². The predicted molar refractivity (Wildman–Crippen MR) is 143 cm³/mol. The average Bonchev–Trinajstić information content (AvgIpc) is 3.29. The van der Waals surface area contributed by atoms with Crippen LogP contribution in [0.15, 0.2) is 65.7 Å². The summed E-state index contributed by atoms with van der Waals surface area (Å²) in [6, 6.07) is 20.7. The molecular weight excluding hydrogens is 452 g/mol. The molecule has 7 nitrogen and oxygen atoms in total. The lowest BCUT2D eigenvalue weighted by Crippen LogP contribution is -2.54. The molecule has 0 spiro atoms. The molecular formula is C29H32N4O3. The minimum Gasteiger partial charge on any atom is -0.497 e. The van der Waals surface area contributed by atoms with Gasteiger partial charge in [-0.3, -0.25) is 9.79 Å². The van der Waals surface area contributed by atoms with Gasteiger partial charge < -0.3 is 25.0 Å². The number of hydrogen-bond acceptors (Lipinski definition) is 6. The van der Waals surface area contributed by atoms with Crippen LogP contribution in [0.3, 0.4) is 0 Å². The minimum absolute atomic E-state index is 0.156. The lowest BCUT2D eigenvalue weighted by Gasteiger charge is -2.37. The first-order valence-corrected chi connectivity index (χ1v) is 12.3. The first-order chi connectivity index (χ1) is 17.4. The van der Waals surface area contributed by atoms with Crippen molar-refractivity contribution in [3.8, 4) is 22.6 Å². The fourth-order valence-electron chi connectivity index (χ4n) is 5.01. The normalized spacial score (nSPS) is 18.9. The van der Waals surface area contributed by atoms with E-state index < -0.39 is 0 Å². The van der Waals surface area contributed by atoms with Crippen LogP contribution in [0.4, 0.5) is 5.69 Å². The van der Waals surface area contributed by atoms with E-state index in [4.69, 9.17) is 9.47 Å². The van der Waals surface area contributed by atoms with E-state index in [0.717, 1.165) is 52.5 Å². The van der Waals surface area contributed by atoms with E-state index in [1.54, 1.807) is 14.2 Å². The fraction of sp³-hybridized carbons (Fsp3) is 0.310. The van der Waals surface area contributed by atoms with E-state index >= 15 is 0 Å². The van der Waals surface area contributed by atoms with Gasteiger partial charge in [-0.25, -0.2) is 0 Å². The molecule has 0 bridgehead atoms. The number of methoxy groups -OCH3 is 2. The summed E-state index contributed by atoms with van der Waals surface area (Å²) in [6.07, 6.45) is 0. The number of piperazine rings is 1. The van der Waals surface area contributed by atoms with Crippen LogP contribution in [0.1, 0.15) is 35.3 Å². The van der Waals surface area contributed by atoms with Gasteiger partial charge in [0.1, 0.15) is 17.3 Å². The molecule has 186 valence electrons. The summed E-state index contributed by atoms with van der Waals surface area (Å²) in [4.78, 5) is 19.9. The van der Waals surface area contributed by atoms with Crippen molar-refractivity contribution in [2.24, 2.45) is 4.99 Å². The lowest BCUT2D eigenvalue weighted by atomic mass is 9.99. The highest BCUT2D eigenvalue weighted by Crippen LogP contribution is 2.32. The second-order valence-corrected chi connectivity index (χ2v) is 9.51. The standard InChI is InChI=1S/C29H32N4O3/c1-18-16-33(17-19(2)31-18)24-8-5-20(6-9-24)29(34)32-28-27-10-7-21(11-23(27)15-30-28)22-12-25(35-3)14-26(13-22)36-4/h5-14,18-19,31H,15-17H2,1-4H3,(H,30,32,34)/t18-,19+. The number of amidine groups is 1. The van der Waals surface area contributed by atoms with Crippen molar-refractivity contribution in [3.63, 3.8) is 0 Å². The number of carbonyl (C=O) groups excluding carboxylic acids is 1. The van der Waals surface area contributed by atoms with E-state index in [0.29, 0.717) is 30.0 Å². The number of amides is 1. The molecule has 0 saturated carbocycles. The number of nitrogens with one attached hydrogen (secondary N) is 2. The number of benzene rings is 3. The summed E-state index contributed by atoms with van der Waals surface area (Å²) < 4.78 is 10.8. The number of aliphatic imine (C=N–C) groups is 1. The van der Waals surface area contributed by atoms with Crippen LogP contribution in [0.25, 0.3) is 11.1 Å². The quantitative estimate of drug-likeness (QED) is 0.567. The van der Waals surface area contributed by atoms with Crippen LogP contribution in [-0.4, -0.2) is 51.1 Å². The third-order valence-corrected chi connectivity index (χ3v) is 6.74. The molecule has 7 heteroatoms. The molecule has 2 aliphatic rings. The third-order valence-electron chi connectivity index (χ3n) is 6.74. The number of nitrogens with zero attached hydrogens (tertiary/aromatic N) is 2. The number of hydrogen-bond donors (Lipinski definition) is 2. The first kappa shape index (κ1) is 23.9. The summed E-state index contributed by atoms with van der Waals surface area (Å²) in [5.74, 6) is 1.93. The van der Waals surface area contributed by atoms with Gasteiger partial charge in [-0.1, -0.05) is 12.1 Å². The largest absolute Gasteiger partial charge is 0.497 e. The van der Waals surface area contributed by atoms with Crippen LogP contribution in [0, 0.1) is 0 Å². The zero-order valence-electron chi connectivity index (χ0n) is 21.2. The molecule has 36 heavy (non-hydrogen) atoms. The van der Waals surface area contributed by atoms with Crippen molar-refractivity contribution in [1.29, 1.82) is 0 Å². The van der Waals surface area contributed by atoms with Gasteiger partial charge in [0.25, 0.3) is 5.91 Å². The second kappa shape index (κ2) is 10.0. The van der Waals surface area contributed by atoms with Crippen LogP contribution >= 0.6 is 0 Å². The Morgan fingerprint density at radius 2 is 1.58 bits per heavy atom. The molecule has 0 aromatic heterocycles. The van der Waals surface area contributed by atoms with Gasteiger partial charge >= 0.3 is 0 Å². The maximum Gasteiger partial charge on any atom is 0.256 e. The Morgan fingerprint density at radius 3 is 2.22 bits per heavy atom. The molecule has 0 unspecified atom stereocenters. The van der Waals surface area contributed by atoms with Crippen LogP contribution < -0.4 is 25.0 Å². The number of anilines is 1. The molecule has 0 radical (unpaired) electrons. The Kier molecular flexibility index (Phi) is 6.65.